The Bertz CT molecular complexity index is 97.8. The molecule has 10 heavy (non-hydrogen) atoms. The van der Waals surface area contributed by atoms with E-state index in [4.69, 9.17) is 5.11 Å². The number of aliphatic hydroxyl groups excluding tert-OH is 1. The molecule has 62 valence electrons. The number of hydrogen-bond donors (Lipinski definition) is 1. The number of halogens is 5. The molecule has 0 aromatic heterocycles. The molecule has 0 saturated heterocycles. The van der Waals surface area contributed by atoms with Gasteiger partial charge >= 0.3 is 6.18 Å². The van der Waals surface area contributed by atoms with Crippen LogP contribution in [0.4, 0.5) is 22.0 Å². The Balaban J connectivity index is 4.23. The van der Waals surface area contributed by atoms with Gasteiger partial charge < -0.3 is 5.11 Å². The third-order valence-electron chi connectivity index (χ3n) is 0.790. The lowest BCUT2D eigenvalue weighted by molar-refractivity contribution is -0.264. The lowest BCUT2D eigenvalue weighted by Gasteiger charge is -2.20. The summed E-state index contributed by atoms with van der Waals surface area (Å²) in [6, 6.07) is 0. The van der Waals surface area contributed by atoms with Gasteiger partial charge in [0, 0.05) is 6.92 Å². The predicted octanol–water partition coefficient (Wildman–Crippen LogP) is 1.56. The second-order valence-electron chi connectivity index (χ2n) is 1.90. The molecule has 0 aliphatic rings. The highest BCUT2D eigenvalue weighted by Crippen LogP contribution is 2.31. The molecule has 1 nitrogen and oxygen atoms in total. The molecule has 1 N–H and O–H groups in total. The maximum absolute atomic E-state index is 11.6. The van der Waals surface area contributed by atoms with Gasteiger partial charge in [0.1, 0.15) is 0 Å². The Hall–Kier alpha value is -0.390. The van der Waals surface area contributed by atoms with Gasteiger partial charge in [-0.2, -0.15) is 13.2 Å². The molecule has 0 amide bonds. The van der Waals surface area contributed by atoms with Crippen molar-refractivity contribution >= 4 is 0 Å². The predicted molar refractivity (Wildman–Crippen MR) is 22.7 cm³/mol. The van der Waals surface area contributed by atoms with E-state index in [1.165, 1.54) is 0 Å². The Labute approximate surface area is 53.5 Å². The molecule has 0 bridgehead atoms. The van der Waals surface area contributed by atoms with Crippen LogP contribution in [-0.2, 0) is 0 Å². The maximum Gasteiger partial charge on any atom is 0.420 e. The van der Waals surface area contributed by atoms with Gasteiger partial charge in [0.05, 0.1) is 0 Å². The summed E-state index contributed by atoms with van der Waals surface area (Å²) in [6.07, 6.45) is -8.82. The number of hydrogen-bond acceptors (Lipinski definition) is 1. The van der Waals surface area contributed by atoms with Crippen LogP contribution in [-0.4, -0.2) is 23.3 Å². The summed E-state index contributed by atoms with van der Waals surface area (Å²) < 4.78 is 56.9. The zero-order valence-corrected chi connectivity index (χ0v) is 4.91. The molecule has 1 atom stereocenters. The second kappa shape index (κ2) is 2.34. The van der Waals surface area contributed by atoms with Gasteiger partial charge in [0.25, 0.3) is 5.92 Å². The molecular formula is C4H5F5O. The van der Waals surface area contributed by atoms with Crippen LogP contribution in [0, 0.1) is 0 Å². The first-order valence-electron chi connectivity index (χ1n) is 2.28. The minimum atomic E-state index is -5.25. The topological polar surface area (TPSA) is 20.2 Å². The van der Waals surface area contributed by atoms with Crippen molar-refractivity contribution in [3.8, 4) is 0 Å². The summed E-state index contributed by atoms with van der Waals surface area (Å²) >= 11 is 0. The summed E-state index contributed by atoms with van der Waals surface area (Å²) in [7, 11) is 0. The molecule has 0 rings (SSSR count). The largest absolute Gasteiger partial charge is 0.420 e. The fourth-order valence-corrected chi connectivity index (χ4v) is 0.287. The molecule has 0 radical (unpaired) electrons. The van der Waals surface area contributed by atoms with Gasteiger partial charge in [-0.1, -0.05) is 0 Å². The lowest BCUT2D eigenvalue weighted by Crippen LogP contribution is -2.42. The summed E-state index contributed by atoms with van der Waals surface area (Å²) in [5, 5.41) is 7.85. The Morgan fingerprint density at radius 3 is 1.40 bits per heavy atom. The van der Waals surface area contributed by atoms with Crippen molar-refractivity contribution in [2.75, 3.05) is 0 Å². The smallest absolute Gasteiger partial charge is 0.379 e. The monoisotopic (exact) mass is 164 g/mol. The van der Waals surface area contributed by atoms with Crippen LogP contribution in [0.25, 0.3) is 0 Å². The minimum Gasteiger partial charge on any atom is -0.379 e. The van der Waals surface area contributed by atoms with E-state index in [-0.39, 0.29) is 6.92 Å². The average Bonchev–Trinajstić information content (AvgIpc) is 1.59. The number of rotatable bonds is 1. The molecule has 0 aliphatic carbocycles. The van der Waals surface area contributed by atoms with E-state index in [9.17, 15) is 22.0 Å². The van der Waals surface area contributed by atoms with Crippen molar-refractivity contribution in [3.63, 3.8) is 0 Å². The van der Waals surface area contributed by atoms with E-state index in [0.717, 1.165) is 0 Å². The quantitative estimate of drug-likeness (QED) is 0.583. The lowest BCUT2D eigenvalue weighted by atomic mass is 10.2. The van der Waals surface area contributed by atoms with Crippen LogP contribution < -0.4 is 0 Å². The van der Waals surface area contributed by atoms with Gasteiger partial charge in [-0.05, 0) is 0 Å². The van der Waals surface area contributed by atoms with E-state index in [2.05, 4.69) is 0 Å². The minimum absolute atomic E-state index is 0.00512. The van der Waals surface area contributed by atoms with Crippen molar-refractivity contribution in [2.45, 2.75) is 25.1 Å². The molecule has 0 unspecified atom stereocenters. The van der Waals surface area contributed by atoms with Crippen LogP contribution in [0.3, 0.4) is 0 Å². The van der Waals surface area contributed by atoms with Crippen molar-refractivity contribution in [2.24, 2.45) is 0 Å². The molecule has 0 spiro atoms. The zero-order valence-electron chi connectivity index (χ0n) is 4.91. The van der Waals surface area contributed by atoms with E-state index in [1.54, 1.807) is 0 Å². The van der Waals surface area contributed by atoms with E-state index in [1.807, 2.05) is 0 Å². The van der Waals surface area contributed by atoms with E-state index in [0.29, 0.717) is 0 Å². The van der Waals surface area contributed by atoms with Crippen LogP contribution in [0.1, 0.15) is 6.92 Å². The van der Waals surface area contributed by atoms with Gasteiger partial charge in [0.15, 0.2) is 0 Å². The maximum atomic E-state index is 11.6. The van der Waals surface area contributed by atoms with Gasteiger partial charge in [-0.3, -0.25) is 0 Å². The standard InChI is InChI=1S/C4H5F5O/c1-3(5,6)2(10)4(7,8)9/h2,10H,1H3/t2-/m0/s1. The highest BCUT2D eigenvalue weighted by molar-refractivity contribution is 4.77. The normalized spacial score (nSPS) is 17.1. The average molecular weight is 164 g/mol. The van der Waals surface area contributed by atoms with Crippen molar-refractivity contribution in [1.29, 1.82) is 0 Å². The van der Waals surface area contributed by atoms with Crippen molar-refractivity contribution in [1.82, 2.24) is 0 Å². The molecule has 6 heteroatoms. The molecule has 0 aliphatic heterocycles. The van der Waals surface area contributed by atoms with Gasteiger partial charge in [-0.25, -0.2) is 8.78 Å². The highest BCUT2D eigenvalue weighted by atomic mass is 19.4. The molecule has 0 saturated carbocycles. The van der Waals surface area contributed by atoms with Gasteiger partial charge in [-0.15, -0.1) is 0 Å². The molecule has 0 aromatic rings. The Morgan fingerprint density at radius 2 is 1.40 bits per heavy atom. The first-order chi connectivity index (χ1) is 4.15. The van der Waals surface area contributed by atoms with Crippen molar-refractivity contribution < 1.29 is 27.1 Å². The van der Waals surface area contributed by atoms with E-state index >= 15 is 0 Å². The summed E-state index contributed by atoms with van der Waals surface area (Å²) in [4.78, 5) is 0. The Morgan fingerprint density at radius 1 is 1.10 bits per heavy atom. The SMILES string of the molecule is CC(F)(F)[C@H](O)C(F)(F)F. The second-order valence-corrected chi connectivity index (χ2v) is 1.90. The summed E-state index contributed by atoms with van der Waals surface area (Å²) in [5.41, 5.74) is 0. The van der Waals surface area contributed by atoms with Crippen LogP contribution >= 0.6 is 0 Å². The molecule has 0 aromatic carbocycles. The molecule has 0 fully saturated rings. The first-order valence-corrected chi connectivity index (χ1v) is 2.28. The summed E-state index contributed by atoms with van der Waals surface area (Å²) in [6.45, 7) is 0.00512. The Kier molecular flexibility index (Phi) is 2.24. The highest BCUT2D eigenvalue weighted by Gasteiger charge is 2.51. The van der Waals surface area contributed by atoms with Crippen LogP contribution in [0.2, 0.25) is 0 Å². The molecule has 0 heterocycles. The molecular weight excluding hydrogens is 159 g/mol. The third-order valence-corrected chi connectivity index (χ3v) is 0.790. The van der Waals surface area contributed by atoms with Gasteiger partial charge in [0.2, 0.25) is 6.10 Å². The zero-order chi connectivity index (χ0) is 8.58. The third kappa shape index (κ3) is 2.47. The number of aliphatic hydroxyl groups is 1. The fourth-order valence-electron chi connectivity index (χ4n) is 0.287. The fraction of sp³-hybridized carbons (Fsp3) is 1.00. The van der Waals surface area contributed by atoms with Crippen LogP contribution in [0.15, 0.2) is 0 Å². The number of alkyl halides is 5. The first kappa shape index (κ1) is 9.61. The van der Waals surface area contributed by atoms with E-state index < -0.39 is 18.2 Å². The van der Waals surface area contributed by atoms with Crippen molar-refractivity contribution in [3.05, 3.63) is 0 Å². The summed E-state index contributed by atoms with van der Waals surface area (Å²) in [5.74, 6) is -4.13. The van der Waals surface area contributed by atoms with Crippen LogP contribution in [0.5, 0.6) is 0 Å².